The van der Waals surface area contributed by atoms with Crippen molar-refractivity contribution in [3.05, 3.63) is 0 Å². The highest BCUT2D eigenvalue weighted by atomic mass is 16.2. The Balaban J connectivity index is 1.55. The van der Waals surface area contributed by atoms with E-state index in [2.05, 4.69) is 5.32 Å². The molecule has 3 rings (SSSR count). The van der Waals surface area contributed by atoms with Crippen molar-refractivity contribution in [2.75, 3.05) is 6.54 Å². The molecule has 0 aromatic carbocycles. The number of rotatable bonds is 3. The second-order valence-electron chi connectivity index (χ2n) is 7.14. The molecule has 3 saturated carbocycles. The monoisotopic (exact) mass is 264 g/mol. The van der Waals surface area contributed by atoms with Crippen LogP contribution >= 0.6 is 0 Å². The number of hydrogen-bond donors (Lipinski definition) is 2. The normalized spacial score (nSPS) is 37.0. The van der Waals surface area contributed by atoms with E-state index in [4.69, 9.17) is 5.73 Å². The van der Waals surface area contributed by atoms with E-state index in [9.17, 15) is 4.79 Å². The first-order chi connectivity index (χ1) is 9.22. The van der Waals surface area contributed by atoms with Gasteiger partial charge in [0.05, 0.1) is 5.54 Å². The van der Waals surface area contributed by atoms with Crippen LogP contribution in [0.25, 0.3) is 0 Å². The Morgan fingerprint density at radius 1 is 1.05 bits per heavy atom. The molecule has 0 aromatic rings. The minimum Gasteiger partial charge on any atom is -0.349 e. The van der Waals surface area contributed by atoms with E-state index in [0.29, 0.717) is 12.5 Å². The summed E-state index contributed by atoms with van der Waals surface area (Å²) >= 11 is 0. The molecule has 3 fully saturated rings. The summed E-state index contributed by atoms with van der Waals surface area (Å²) in [5.74, 6) is 2.32. The van der Waals surface area contributed by atoms with Gasteiger partial charge >= 0.3 is 0 Å². The Morgan fingerprint density at radius 2 is 1.79 bits per heavy atom. The van der Waals surface area contributed by atoms with Crippen molar-refractivity contribution < 1.29 is 4.79 Å². The van der Waals surface area contributed by atoms with Crippen LogP contribution in [-0.4, -0.2) is 18.0 Å². The average molecular weight is 264 g/mol. The Labute approximate surface area is 116 Å². The lowest BCUT2D eigenvalue weighted by Crippen LogP contribution is -2.59. The molecule has 3 aliphatic rings. The number of carbonyl (C=O) groups excluding carboxylic acids is 1. The summed E-state index contributed by atoms with van der Waals surface area (Å²) in [7, 11) is 0. The molecule has 3 nitrogen and oxygen atoms in total. The van der Waals surface area contributed by atoms with Crippen molar-refractivity contribution in [1.82, 2.24) is 5.32 Å². The van der Waals surface area contributed by atoms with Gasteiger partial charge in [-0.05, 0) is 50.4 Å². The van der Waals surface area contributed by atoms with Gasteiger partial charge < -0.3 is 11.1 Å². The summed E-state index contributed by atoms with van der Waals surface area (Å²) in [5, 5.41) is 3.28. The first kappa shape index (κ1) is 13.4. The molecule has 3 atom stereocenters. The average Bonchev–Trinajstić information content (AvgIpc) is 2.42. The van der Waals surface area contributed by atoms with Gasteiger partial charge in [-0.3, -0.25) is 4.79 Å². The fourth-order valence-corrected chi connectivity index (χ4v) is 4.46. The maximum atomic E-state index is 12.5. The van der Waals surface area contributed by atoms with Crippen LogP contribution in [-0.2, 0) is 4.79 Å². The van der Waals surface area contributed by atoms with Crippen molar-refractivity contribution in [2.45, 2.75) is 69.7 Å². The van der Waals surface area contributed by atoms with Gasteiger partial charge in [-0.15, -0.1) is 0 Å². The topological polar surface area (TPSA) is 55.1 Å². The van der Waals surface area contributed by atoms with Gasteiger partial charge in [-0.1, -0.05) is 25.7 Å². The highest BCUT2D eigenvalue weighted by molar-refractivity contribution is 5.79. The molecular formula is C16H28N2O. The number of hydrogen-bond acceptors (Lipinski definition) is 2. The standard InChI is InChI=1S/C16H28N2O/c17-11-16(8-3-9-16)18-15(19)14-7-6-12-4-1-2-5-13(12)10-14/h12-14H,1-11,17H2,(H,18,19). The van der Waals surface area contributed by atoms with E-state index in [-0.39, 0.29) is 11.5 Å². The largest absolute Gasteiger partial charge is 0.349 e. The molecule has 0 bridgehead atoms. The van der Waals surface area contributed by atoms with Crippen molar-refractivity contribution in [2.24, 2.45) is 23.5 Å². The summed E-state index contributed by atoms with van der Waals surface area (Å²) < 4.78 is 0. The summed E-state index contributed by atoms with van der Waals surface area (Å²) in [4.78, 5) is 12.5. The van der Waals surface area contributed by atoms with Crippen LogP contribution in [0.3, 0.4) is 0 Å². The van der Waals surface area contributed by atoms with Gasteiger partial charge in [-0.2, -0.15) is 0 Å². The Kier molecular flexibility index (Phi) is 3.84. The summed E-state index contributed by atoms with van der Waals surface area (Å²) in [6, 6.07) is 0. The van der Waals surface area contributed by atoms with Crippen molar-refractivity contribution >= 4 is 5.91 Å². The first-order valence-electron chi connectivity index (χ1n) is 8.24. The zero-order valence-corrected chi connectivity index (χ0v) is 12.0. The van der Waals surface area contributed by atoms with Gasteiger partial charge in [0.2, 0.25) is 5.91 Å². The lowest BCUT2D eigenvalue weighted by Gasteiger charge is -2.44. The predicted molar refractivity (Wildman–Crippen MR) is 76.6 cm³/mol. The Hall–Kier alpha value is -0.570. The quantitative estimate of drug-likeness (QED) is 0.823. The molecule has 3 aliphatic carbocycles. The molecule has 19 heavy (non-hydrogen) atoms. The molecule has 0 heterocycles. The number of amides is 1. The van der Waals surface area contributed by atoms with E-state index in [1.807, 2.05) is 0 Å². The minimum atomic E-state index is -0.0412. The van der Waals surface area contributed by atoms with Crippen LogP contribution in [0.5, 0.6) is 0 Å². The molecule has 3 N–H and O–H groups in total. The van der Waals surface area contributed by atoms with E-state index < -0.39 is 0 Å². The lowest BCUT2D eigenvalue weighted by molar-refractivity contribution is -0.130. The zero-order valence-electron chi connectivity index (χ0n) is 12.0. The molecule has 0 spiro atoms. The van der Waals surface area contributed by atoms with Crippen LogP contribution in [0.1, 0.15) is 64.2 Å². The van der Waals surface area contributed by atoms with E-state index >= 15 is 0 Å². The predicted octanol–water partition coefficient (Wildman–Crippen LogP) is 2.59. The summed E-state index contributed by atoms with van der Waals surface area (Å²) in [5.41, 5.74) is 5.80. The molecule has 0 aliphatic heterocycles. The van der Waals surface area contributed by atoms with Crippen LogP contribution in [0.15, 0.2) is 0 Å². The van der Waals surface area contributed by atoms with Gasteiger partial charge in [-0.25, -0.2) is 0 Å². The number of carbonyl (C=O) groups is 1. The molecule has 0 saturated heterocycles. The van der Waals surface area contributed by atoms with E-state index in [1.165, 1.54) is 38.5 Å². The highest BCUT2D eigenvalue weighted by Gasteiger charge is 2.40. The second kappa shape index (κ2) is 5.43. The van der Waals surface area contributed by atoms with Crippen molar-refractivity contribution in [3.63, 3.8) is 0 Å². The van der Waals surface area contributed by atoms with E-state index in [0.717, 1.165) is 37.5 Å². The van der Waals surface area contributed by atoms with Crippen LogP contribution in [0, 0.1) is 17.8 Å². The minimum absolute atomic E-state index is 0.0412. The molecule has 3 heteroatoms. The summed E-state index contributed by atoms with van der Waals surface area (Å²) in [6.45, 7) is 0.609. The lowest BCUT2D eigenvalue weighted by atomic mass is 9.67. The fraction of sp³-hybridized carbons (Fsp3) is 0.938. The van der Waals surface area contributed by atoms with Crippen LogP contribution < -0.4 is 11.1 Å². The Bertz CT molecular complexity index is 332. The van der Waals surface area contributed by atoms with Crippen molar-refractivity contribution in [3.8, 4) is 0 Å². The zero-order chi connectivity index (χ0) is 13.3. The highest BCUT2D eigenvalue weighted by Crippen LogP contribution is 2.43. The Morgan fingerprint density at radius 3 is 2.42 bits per heavy atom. The second-order valence-corrected chi connectivity index (χ2v) is 7.14. The maximum Gasteiger partial charge on any atom is 0.223 e. The van der Waals surface area contributed by atoms with Gasteiger partial charge in [0, 0.05) is 12.5 Å². The van der Waals surface area contributed by atoms with Gasteiger partial charge in [0.25, 0.3) is 0 Å². The fourth-order valence-electron chi connectivity index (χ4n) is 4.46. The molecular weight excluding hydrogens is 236 g/mol. The SMILES string of the molecule is NCC1(NC(=O)C2CCC3CCCCC3C2)CCC1. The molecule has 0 radical (unpaired) electrons. The number of nitrogens with one attached hydrogen (secondary N) is 1. The molecule has 1 amide bonds. The third-order valence-electron chi connectivity index (χ3n) is 6.00. The van der Waals surface area contributed by atoms with Gasteiger partial charge in [0.1, 0.15) is 0 Å². The van der Waals surface area contributed by atoms with Crippen LogP contribution in [0.4, 0.5) is 0 Å². The summed E-state index contributed by atoms with van der Waals surface area (Å²) in [6.07, 6.45) is 12.4. The van der Waals surface area contributed by atoms with E-state index in [1.54, 1.807) is 0 Å². The molecule has 108 valence electrons. The number of nitrogens with two attached hydrogens (primary N) is 1. The first-order valence-corrected chi connectivity index (χ1v) is 8.24. The maximum absolute atomic E-state index is 12.5. The van der Waals surface area contributed by atoms with Crippen LogP contribution in [0.2, 0.25) is 0 Å². The number of fused-ring (bicyclic) bond motifs is 1. The molecule has 3 unspecified atom stereocenters. The van der Waals surface area contributed by atoms with Gasteiger partial charge in [0.15, 0.2) is 0 Å². The molecule has 0 aromatic heterocycles. The van der Waals surface area contributed by atoms with Crippen molar-refractivity contribution in [1.29, 1.82) is 0 Å². The smallest absolute Gasteiger partial charge is 0.223 e. The third kappa shape index (κ3) is 2.67. The third-order valence-corrected chi connectivity index (χ3v) is 6.00.